The van der Waals surface area contributed by atoms with Gasteiger partial charge < -0.3 is 20.9 Å². The van der Waals surface area contributed by atoms with Crippen LogP contribution in [0.25, 0.3) is 10.8 Å². The molecule has 4 atom stereocenters. The van der Waals surface area contributed by atoms with Crippen LogP contribution in [-0.2, 0) is 20.8 Å². The van der Waals surface area contributed by atoms with Gasteiger partial charge >= 0.3 is 0 Å². The molecule has 210 valence electrons. The molecule has 1 aliphatic rings. The number of primary amides is 1. The molecule has 3 amide bonds. The number of amides is 3. The van der Waals surface area contributed by atoms with Crippen molar-refractivity contribution in [2.24, 2.45) is 11.7 Å². The molecule has 0 radical (unpaired) electrons. The lowest BCUT2D eigenvalue weighted by Gasteiger charge is -2.34. The smallest absolute Gasteiger partial charge is 0.258 e. The van der Waals surface area contributed by atoms with E-state index in [4.69, 9.17) is 5.73 Å². The number of fused-ring (bicyclic) bond motifs is 1. The van der Waals surface area contributed by atoms with Crippen molar-refractivity contribution in [1.29, 1.82) is 0 Å². The van der Waals surface area contributed by atoms with E-state index in [1.54, 1.807) is 7.05 Å². The molecule has 7 nitrogen and oxygen atoms in total. The minimum Gasteiger partial charge on any atom is -0.368 e. The number of nitrogens with two attached hydrogens (primary N) is 1. The molecule has 1 saturated heterocycles. The lowest BCUT2D eigenvalue weighted by molar-refractivity contribution is -0.147. The van der Waals surface area contributed by atoms with Crippen molar-refractivity contribution in [2.75, 3.05) is 20.6 Å². The quantitative estimate of drug-likeness (QED) is 0.444. The van der Waals surface area contributed by atoms with E-state index in [9.17, 15) is 14.4 Å². The molecule has 0 aliphatic carbocycles. The average molecular weight is 549 g/mol. The predicted molar refractivity (Wildman–Crippen MR) is 161 cm³/mol. The molecule has 0 bridgehead atoms. The third kappa shape index (κ3) is 7.54. The summed E-state index contributed by atoms with van der Waals surface area (Å²) < 4.78 is 0. The number of carbonyl (C=O) groups excluding carboxylic acids is 3. The summed E-state index contributed by atoms with van der Waals surface area (Å²) in [5, 5.41) is 5.54. The number of likely N-dealkylation sites (N-methyl/N-ethyl adjacent to an activating group) is 2. The van der Waals surface area contributed by atoms with Gasteiger partial charge in [0.15, 0.2) is 6.04 Å². The molecule has 3 aromatic rings. The molecular formula is C34H36N4O3. The van der Waals surface area contributed by atoms with Gasteiger partial charge in [-0.15, -0.1) is 0 Å². The molecule has 0 saturated carbocycles. The zero-order chi connectivity index (χ0) is 29.4. The number of hydrogen-bond donors (Lipinski definition) is 2. The normalized spacial score (nSPS) is 17.6. The summed E-state index contributed by atoms with van der Waals surface area (Å²) in [7, 11) is 3.12. The second-order valence-electron chi connectivity index (χ2n) is 10.6. The van der Waals surface area contributed by atoms with Gasteiger partial charge in [0.25, 0.3) is 5.91 Å². The van der Waals surface area contributed by atoms with Crippen molar-refractivity contribution < 1.29 is 14.4 Å². The summed E-state index contributed by atoms with van der Waals surface area (Å²) >= 11 is 0. The van der Waals surface area contributed by atoms with Crippen LogP contribution < -0.4 is 11.1 Å². The van der Waals surface area contributed by atoms with Crippen LogP contribution in [-0.4, -0.2) is 66.3 Å². The summed E-state index contributed by atoms with van der Waals surface area (Å²) in [5.74, 6) is 10.1. The van der Waals surface area contributed by atoms with Gasteiger partial charge in [0.05, 0.1) is 0 Å². The van der Waals surface area contributed by atoms with E-state index in [0.29, 0.717) is 12.8 Å². The van der Waals surface area contributed by atoms with Crippen molar-refractivity contribution in [1.82, 2.24) is 15.1 Å². The highest BCUT2D eigenvalue weighted by molar-refractivity contribution is 5.94. The number of piperidine rings is 1. The van der Waals surface area contributed by atoms with Crippen LogP contribution in [0.15, 0.2) is 72.8 Å². The second-order valence-corrected chi connectivity index (χ2v) is 10.6. The fourth-order valence-corrected chi connectivity index (χ4v) is 5.18. The Morgan fingerprint density at radius 3 is 2.37 bits per heavy atom. The highest BCUT2D eigenvalue weighted by Gasteiger charge is 2.36. The Balaban J connectivity index is 1.61. The molecule has 0 spiro atoms. The van der Waals surface area contributed by atoms with Crippen LogP contribution in [0, 0.1) is 29.6 Å². The number of nitrogens with one attached hydrogen (secondary N) is 1. The van der Waals surface area contributed by atoms with Gasteiger partial charge in [-0.2, -0.15) is 0 Å². The van der Waals surface area contributed by atoms with Crippen molar-refractivity contribution in [3.8, 4) is 23.7 Å². The minimum atomic E-state index is -1.12. The van der Waals surface area contributed by atoms with Crippen LogP contribution >= 0.6 is 0 Å². The average Bonchev–Trinajstić information content (AvgIpc) is 2.99. The summed E-state index contributed by atoms with van der Waals surface area (Å²) in [6, 6.07) is 21.4. The number of hydrogen-bond acceptors (Lipinski definition) is 4. The fraction of sp³-hybridized carbons (Fsp3) is 0.324. The molecule has 4 rings (SSSR count). The summed E-state index contributed by atoms with van der Waals surface area (Å²) in [6.45, 7) is 2.77. The van der Waals surface area contributed by atoms with E-state index in [0.717, 1.165) is 28.4 Å². The third-order valence-corrected chi connectivity index (χ3v) is 7.58. The maximum atomic E-state index is 13.8. The van der Waals surface area contributed by atoms with Crippen molar-refractivity contribution in [3.63, 3.8) is 0 Å². The van der Waals surface area contributed by atoms with Gasteiger partial charge in [0.2, 0.25) is 11.8 Å². The van der Waals surface area contributed by atoms with Crippen LogP contribution in [0.2, 0.25) is 0 Å². The van der Waals surface area contributed by atoms with Gasteiger partial charge in [-0.25, -0.2) is 0 Å². The fourth-order valence-electron chi connectivity index (χ4n) is 5.18. The minimum absolute atomic E-state index is 0.152. The lowest BCUT2D eigenvalue weighted by Crippen LogP contribution is -2.55. The molecule has 1 aliphatic heterocycles. The van der Waals surface area contributed by atoms with Gasteiger partial charge in [-0.05, 0) is 66.6 Å². The van der Waals surface area contributed by atoms with Crippen molar-refractivity contribution in [2.45, 2.75) is 44.3 Å². The summed E-state index contributed by atoms with van der Waals surface area (Å²) in [4.78, 5) is 42.5. The van der Waals surface area contributed by atoms with E-state index in [1.165, 1.54) is 16.8 Å². The number of rotatable bonds is 7. The van der Waals surface area contributed by atoms with Crippen molar-refractivity contribution in [3.05, 3.63) is 83.9 Å². The Labute approximate surface area is 242 Å². The van der Waals surface area contributed by atoms with Gasteiger partial charge in [-0.1, -0.05) is 72.5 Å². The molecule has 1 heterocycles. The molecule has 3 N–H and O–H groups in total. The highest BCUT2D eigenvalue weighted by atomic mass is 16.2. The molecule has 3 aromatic carbocycles. The Bertz CT molecular complexity index is 1530. The van der Waals surface area contributed by atoms with Crippen LogP contribution in [0.1, 0.15) is 30.9 Å². The number of nitrogens with zero attached hydrogens (tertiary/aromatic N) is 2. The van der Waals surface area contributed by atoms with Crippen LogP contribution in [0.5, 0.6) is 0 Å². The third-order valence-electron chi connectivity index (χ3n) is 7.58. The van der Waals surface area contributed by atoms with Gasteiger partial charge in [0.1, 0.15) is 6.04 Å². The summed E-state index contributed by atoms with van der Waals surface area (Å²) in [6.07, 6.45) is 1.61. The Hall–Kier alpha value is -4.59. The van der Waals surface area contributed by atoms with E-state index in [2.05, 4.69) is 29.0 Å². The van der Waals surface area contributed by atoms with Crippen LogP contribution in [0.4, 0.5) is 0 Å². The van der Waals surface area contributed by atoms with Gasteiger partial charge in [0, 0.05) is 38.0 Å². The van der Waals surface area contributed by atoms with E-state index >= 15 is 0 Å². The maximum Gasteiger partial charge on any atom is 0.258 e. The van der Waals surface area contributed by atoms with Crippen LogP contribution in [0.3, 0.4) is 0 Å². The predicted octanol–water partition coefficient (Wildman–Crippen LogP) is 2.96. The Morgan fingerprint density at radius 1 is 0.951 bits per heavy atom. The standard InChI is InChI=1S/C34H36N4O3/c1-24-21-29(19-20-36-24)33(40)37(2)30(16-10-7-13-26-17-18-27-14-8-9-15-28(27)22-26)34(41)38(3)31(32(35)39)23-25-11-5-4-6-12-25/h4-6,8-9,11-12,14-15,17-18,22,24,29-31,36H,19-21,23H2,1-3H3,(H2,35,39)/t24?,29?,30-,31-/m1/s1. The first-order valence-electron chi connectivity index (χ1n) is 13.8. The van der Waals surface area contributed by atoms with E-state index < -0.39 is 23.9 Å². The molecule has 0 aromatic heterocycles. The number of carbonyl (C=O) groups is 3. The monoisotopic (exact) mass is 548 g/mol. The SMILES string of the molecule is CC1CC(C(=O)N(C)[C@H](C#CC#Cc2ccc3ccccc3c2)C(=O)N(C)[C@H](Cc2ccccc2)C(N)=O)CCN1. The topological polar surface area (TPSA) is 95.7 Å². The van der Waals surface area contributed by atoms with E-state index in [1.807, 2.05) is 79.7 Å². The lowest BCUT2D eigenvalue weighted by atomic mass is 9.91. The maximum absolute atomic E-state index is 13.8. The molecule has 41 heavy (non-hydrogen) atoms. The largest absolute Gasteiger partial charge is 0.368 e. The second kappa shape index (κ2) is 13.7. The first-order valence-corrected chi connectivity index (χ1v) is 13.8. The number of benzene rings is 3. The summed E-state index contributed by atoms with van der Waals surface area (Å²) in [5.41, 5.74) is 7.40. The Morgan fingerprint density at radius 2 is 1.66 bits per heavy atom. The Kier molecular flexibility index (Phi) is 9.79. The first-order chi connectivity index (χ1) is 19.7. The molecular weight excluding hydrogens is 512 g/mol. The molecule has 2 unspecified atom stereocenters. The van der Waals surface area contributed by atoms with E-state index in [-0.39, 0.29) is 24.3 Å². The molecule has 1 fully saturated rings. The zero-order valence-corrected chi connectivity index (χ0v) is 23.8. The zero-order valence-electron chi connectivity index (χ0n) is 23.8. The highest BCUT2D eigenvalue weighted by Crippen LogP contribution is 2.20. The van der Waals surface area contributed by atoms with Gasteiger partial charge in [-0.3, -0.25) is 14.4 Å². The first kappa shape index (κ1) is 29.4. The van der Waals surface area contributed by atoms with Crippen molar-refractivity contribution >= 4 is 28.5 Å². The molecule has 7 heteroatoms.